The SMILES string of the molecule is CCC(=O)N1N=C(c2ccc(C)cc2)C[C@@H]1c1ccccc1Cl. The van der Waals surface area contributed by atoms with Crippen LogP contribution in [0.5, 0.6) is 0 Å². The van der Waals surface area contributed by atoms with E-state index < -0.39 is 0 Å². The third kappa shape index (κ3) is 3.15. The molecule has 1 amide bonds. The molecule has 0 saturated heterocycles. The number of carbonyl (C=O) groups excluding carboxylic acids is 1. The van der Waals surface area contributed by atoms with Gasteiger partial charge in [0.15, 0.2) is 0 Å². The molecule has 1 heterocycles. The molecule has 0 aliphatic carbocycles. The molecule has 1 aliphatic heterocycles. The summed E-state index contributed by atoms with van der Waals surface area (Å²) in [6.45, 7) is 3.91. The summed E-state index contributed by atoms with van der Waals surface area (Å²) in [5, 5.41) is 6.87. The molecule has 0 saturated carbocycles. The molecule has 0 aromatic heterocycles. The van der Waals surface area contributed by atoms with E-state index in [0.29, 0.717) is 17.9 Å². The van der Waals surface area contributed by atoms with Crippen LogP contribution in [0, 0.1) is 6.92 Å². The van der Waals surface area contributed by atoms with Crippen LogP contribution < -0.4 is 0 Å². The van der Waals surface area contributed by atoms with Crippen molar-refractivity contribution in [2.75, 3.05) is 0 Å². The molecule has 2 aromatic carbocycles. The Morgan fingerprint density at radius 3 is 2.57 bits per heavy atom. The Morgan fingerprint density at radius 2 is 1.91 bits per heavy atom. The number of halogens is 1. The second kappa shape index (κ2) is 6.55. The average Bonchev–Trinajstić information content (AvgIpc) is 3.00. The normalized spacial score (nSPS) is 17.3. The number of hydrogen-bond acceptors (Lipinski definition) is 2. The van der Waals surface area contributed by atoms with Crippen molar-refractivity contribution in [3.8, 4) is 0 Å². The monoisotopic (exact) mass is 326 g/mol. The molecule has 3 rings (SSSR count). The fraction of sp³-hybridized carbons (Fsp3) is 0.263. The van der Waals surface area contributed by atoms with Gasteiger partial charge in [0.2, 0.25) is 5.91 Å². The lowest BCUT2D eigenvalue weighted by molar-refractivity contribution is -0.132. The van der Waals surface area contributed by atoms with E-state index in [2.05, 4.69) is 36.3 Å². The van der Waals surface area contributed by atoms with Crippen LogP contribution in [-0.4, -0.2) is 16.6 Å². The minimum Gasteiger partial charge on any atom is -0.273 e. The fourth-order valence-corrected chi connectivity index (χ4v) is 3.07. The summed E-state index contributed by atoms with van der Waals surface area (Å²) in [4.78, 5) is 12.3. The van der Waals surface area contributed by atoms with Crippen molar-refractivity contribution in [1.82, 2.24) is 5.01 Å². The molecule has 23 heavy (non-hydrogen) atoms. The van der Waals surface area contributed by atoms with Crippen LogP contribution in [0.25, 0.3) is 0 Å². The maximum Gasteiger partial charge on any atom is 0.242 e. The van der Waals surface area contributed by atoms with Gasteiger partial charge in [0.1, 0.15) is 0 Å². The largest absolute Gasteiger partial charge is 0.273 e. The van der Waals surface area contributed by atoms with Crippen molar-refractivity contribution in [2.45, 2.75) is 32.7 Å². The first-order valence-corrected chi connectivity index (χ1v) is 8.19. The number of hydrazone groups is 1. The molecule has 2 aromatic rings. The minimum absolute atomic E-state index is 0.0111. The molecule has 0 bridgehead atoms. The van der Waals surface area contributed by atoms with Gasteiger partial charge in [-0.2, -0.15) is 5.10 Å². The number of benzene rings is 2. The molecule has 1 aliphatic rings. The lowest BCUT2D eigenvalue weighted by Gasteiger charge is -2.22. The van der Waals surface area contributed by atoms with Gasteiger partial charge in [-0.1, -0.05) is 66.6 Å². The van der Waals surface area contributed by atoms with E-state index in [-0.39, 0.29) is 11.9 Å². The van der Waals surface area contributed by atoms with Crippen LogP contribution in [0.4, 0.5) is 0 Å². The van der Waals surface area contributed by atoms with E-state index in [0.717, 1.165) is 16.8 Å². The van der Waals surface area contributed by atoms with E-state index >= 15 is 0 Å². The highest BCUT2D eigenvalue weighted by atomic mass is 35.5. The van der Waals surface area contributed by atoms with E-state index in [1.165, 1.54) is 5.56 Å². The molecule has 0 fully saturated rings. The second-order valence-electron chi connectivity index (χ2n) is 5.75. The van der Waals surface area contributed by atoms with Gasteiger partial charge >= 0.3 is 0 Å². The number of carbonyl (C=O) groups is 1. The van der Waals surface area contributed by atoms with E-state index in [1.54, 1.807) is 5.01 Å². The lowest BCUT2D eigenvalue weighted by Crippen LogP contribution is -2.26. The Bertz CT molecular complexity index is 752. The zero-order valence-electron chi connectivity index (χ0n) is 13.3. The first-order chi connectivity index (χ1) is 11.1. The summed E-state index contributed by atoms with van der Waals surface area (Å²) in [5.74, 6) is 0.0111. The van der Waals surface area contributed by atoms with Crippen molar-refractivity contribution < 1.29 is 4.79 Å². The molecule has 3 nitrogen and oxygen atoms in total. The van der Waals surface area contributed by atoms with Gasteiger partial charge in [-0.15, -0.1) is 0 Å². The summed E-state index contributed by atoms with van der Waals surface area (Å²) < 4.78 is 0. The second-order valence-corrected chi connectivity index (χ2v) is 6.15. The number of aryl methyl sites for hydroxylation is 1. The number of amides is 1. The highest BCUT2D eigenvalue weighted by Crippen LogP contribution is 2.36. The van der Waals surface area contributed by atoms with Gasteiger partial charge in [0, 0.05) is 17.9 Å². The number of hydrogen-bond donors (Lipinski definition) is 0. The van der Waals surface area contributed by atoms with Crippen molar-refractivity contribution in [3.63, 3.8) is 0 Å². The van der Waals surface area contributed by atoms with Crippen LogP contribution in [0.1, 0.15) is 42.5 Å². The molecule has 0 spiro atoms. The fourth-order valence-electron chi connectivity index (χ4n) is 2.81. The van der Waals surface area contributed by atoms with Gasteiger partial charge in [-0.25, -0.2) is 5.01 Å². The van der Waals surface area contributed by atoms with Crippen molar-refractivity contribution >= 4 is 23.2 Å². The summed E-state index contributed by atoms with van der Waals surface area (Å²) >= 11 is 6.34. The summed E-state index contributed by atoms with van der Waals surface area (Å²) in [6, 6.07) is 15.8. The van der Waals surface area contributed by atoms with Crippen LogP contribution in [0.3, 0.4) is 0 Å². The first kappa shape index (κ1) is 15.8. The minimum atomic E-state index is -0.132. The molecule has 0 N–H and O–H groups in total. The molecular weight excluding hydrogens is 308 g/mol. The summed E-state index contributed by atoms with van der Waals surface area (Å²) in [6.07, 6.45) is 1.10. The molecular formula is C19H19ClN2O. The number of rotatable bonds is 3. The third-order valence-corrected chi connectivity index (χ3v) is 4.46. The zero-order chi connectivity index (χ0) is 16.4. The Balaban J connectivity index is 1.97. The van der Waals surface area contributed by atoms with Crippen LogP contribution in [0.15, 0.2) is 53.6 Å². The molecule has 118 valence electrons. The van der Waals surface area contributed by atoms with Crippen molar-refractivity contribution in [1.29, 1.82) is 0 Å². The highest BCUT2D eigenvalue weighted by molar-refractivity contribution is 6.31. The predicted octanol–water partition coefficient (Wildman–Crippen LogP) is 4.74. The van der Waals surface area contributed by atoms with Gasteiger partial charge in [-0.05, 0) is 24.1 Å². The summed E-state index contributed by atoms with van der Waals surface area (Å²) in [5.41, 5.74) is 4.13. The Labute approximate surface area is 141 Å². The van der Waals surface area contributed by atoms with Gasteiger partial charge in [-0.3, -0.25) is 4.79 Å². The molecule has 0 radical (unpaired) electrons. The molecule has 4 heteroatoms. The van der Waals surface area contributed by atoms with Gasteiger partial charge < -0.3 is 0 Å². The van der Waals surface area contributed by atoms with Gasteiger partial charge in [0.05, 0.1) is 11.8 Å². The molecule has 0 unspecified atom stereocenters. The Kier molecular flexibility index (Phi) is 4.49. The number of nitrogens with zero attached hydrogens (tertiary/aromatic N) is 2. The van der Waals surface area contributed by atoms with E-state index in [9.17, 15) is 4.79 Å². The van der Waals surface area contributed by atoms with Crippen LogP contribution in [-0.2, 0) is 4.79 Å². The molecule has 1 atom stereocenters. The highest BCUT2D eigenvalue weighted by Gasteiger charge is 2.33. The van der Waals surface area contributed by atoms with Crippen molar-refractivity contribution in [2.24, 2.45) is 5.10 Å². The van der Waals surface area contributed by atoms with E-state index in [1.807, 2.05) is 31.2 Å². The predicted molar refractivity (Wildman–Crippen MR) is 93.7 cm³/mol. The average molecular weight is 327 g/mol. The smallest absolute Gasteiger partial charge is 0.242 e. The maximum absolute atomic E-state index is 12.3. The van der Waals surface area contributed by atoms with Crippen molar-refractivity contribution in [3.05, 3.63) is 70.2 Å². The first-order valence-electron chi connectivity index (χ1n) is 7.81. The third-order valence-electron chi connectivity index (χ3n) is 4.12. The standard InChI is InChI=1S/C19H19ClN2O/c1-3-19(23)22-18(15-6-4-5-7-16(15)20)12-17(21-22)14-10-8-13(2)9-11-14/h4-11,18H,3,12H2,1-2H3/t18-/m1/s1. The quantitative estimate of drug-likeness (QED) is 0.802. The zero-order valence-corrected chi connectivity index (χ0v) is 14.0. The summed E-state index contributed by atoms with van der Waals surface area (Å²) in [7, 11) is 0. The van der Waals surface area contributed by atoms with Crippen LogP contribution >= 0.6 is 11.6 Å². The van der Waals surface area contributed by atoms with Gasteiger partial charge in [0.25, 0.3) is 0 Å². The Morgan fingerprint density at radius 1 is 1.22 bits per heavy atom. The maximum atomic E-state index is 12.3. The van der Waals surface area contributed by atoms with E-state index in [4.69, 9.17) is 11.6 Å². The Hall–Kier alpha value is -2.13. The topological polar surface area (TPSA) is 32.7 Å². The van der Waals surface area contributed by atoms with Crippen LogP contribution in [0.2, 0.25) is 5.02 Å². The lowest BCUT2D eigenvalue weighted by atomic mass is 9.98.